The van der Waals surface area contributed by atoms with E-state index in [1.165, 1.54) is 6.20 Å². The van der Waals surface area contributed by atoms with Crippen LogP contribution in [0, 0.1) is 6.92 Å². The second-order valence-electron chi connectivity index (χ2n) is 3.21. The molecule has 1 heterocycles. The molecule has 2 aromatic rings. The van der Waals surface area contributed by atoms with Crippen LogP contribution in [0.15, 0.2) is 18.3 Å². The summed E-state index contributed by atoms with van der Waals surface area (Å²) in [5, 5.41) is 18.9. The number of rotatable bonds is 1. The second kappa shape index (κ2) is 2.77. The lowest BCUT2D eigenvalue weighted by Gasteiger charge is -1.98. The summed E-state index contributed by atoms with van der Waals surface area (Å²) in [4.78, 5) is 13.5. The van der Waals surface area contributed by atoms with Crippen LogP contribution in [0.1, 0.15) is 15.9 Å². The van der Waals surface area contributed by atoms with Crippen LogP contribution in [0.4, 0.5) is 0 Å². The van der Waals surface area contributed by atoms with E-state index >= 15 is 0 Å². The highest BCUT2D eigenvalue weighted by atomic mass is 16.4. The van der Waals surface area contributed by atoms with Crippen molar-refractivity contribution in [1.82, 2.24) is 4.98 Å². The van der Waals surface area contributed by atoms with Crippen molar-refractivity contribution in [3.8, 4) is 5.75 Å². The highest BCUT2D eigenvalue weighted by Crippen LogP contribution is 2.27. The third-order valence-corrected chi connectivity index (χ3v) is 2.14. The van der Waals surface area contributed by atoms with Gasteiger partial charge in [-0.1, -0.05) is 0 Å². The predicted octanol–water partition coefficient (Wildman–Crippen LogP) is 1.88. The molecule has 4 nitrogen and oxygen atoms in total. The highest BCUT2D eigenvalue weighted by Gasteiger charge is 2.12. The first-order valence-electron chi connectivity index (χ1n) is 4.13. The molecule has 0 unspecified atom stereocenters. The summed E-state index contributed by atoms with van der Waals surface area (Å²) in [6.07, 6.45) is 1.38. The van der Waals surface area contributed by atoms with Gasteiger partial charge in [0.25, 0.3) is 0 Å². The predicted molar refractivity (Wildman–Crippen MR) is 51.7 cm³/mol. The van der Waals surface area contributed by atoms with E-state index in [-0.39, 0.29) is 11.3 Å². The number of aromatic hydroxyl groups is 1. The number of hydrogen-bond donors (Lipinski definition) is 3. The molecule has 0 bridgehead atoms. The van der Waals surface area contributed by atoms with Gasteiger partial charge in [-0.2, -0.15) is 0 Å². The third kappa shape index (κ3) is 1.12. The summed E-state index contributed by atoms with van der Waals surface area (Å²) in [6, 6.07) is 3.32. The number of hydrogen-bond acceptors (Lipinski definition) is 2. The average molecular weight is 191 g/mol. The molecule has 0 atom stereocenters. The first-order chi connectivity index (χ1) is 6.59. The standard InChI is InChI=1S/C10H9NO3/c1-5-2-6-7(10(13)14)4-11-9(6)8(12)3-5/h2-4,11-12H,1H3,(H,13,14). The lowest BCUT2D eigenvalue weighted by molar-refractivity contribution is 0.0699. The summed E-state index contributed by atoms with van der Waals surface area (Å²) in [5.74, 6) is -0.922. The minimum atomic E-state index is -0.999. The third-order valence-electron chi connectivity index (χ3n) is 2.14. The first-order valence-corrected chi connectivity index (χ1v) is 4.13. The maximum atomic E-state index is 10.8. The number of nitrogens with one attached hydrogen (secondary N) is 1. The monoisotopic (exact) mass is 191 g/mol. The molecule has 0 aliphatic heterocycles. The van der Waals surface area contributed by atoms with Crippen LogP contribution >= 0.6 is 0 Å². The Hall–Kier alpha value is -1.97. The van der Waals surface area contributed by atoms with Crippen molar-refractivity contribution >= 4 is 16.9 Å². The summed E-state index contributed by atoms with van der Waals surface area (Å²) >= 11 is 0. The number of fused-ring (bicyclic) bond motifs is 1. The van der Waals surface area contributed by atoms with Crippen LogP contribution in [0.25, 0.3) is 10.9 Å². The van der Waals surface area contributed by atoms with Gasteiger partial charge in [0.1, 0.15) is 5.75 Å². The zero-order valence-electron chi connectivity index (χ0n) is 7.53. The minimum absolute atomic E-state index is 0.0764. The fourth-order valence-electron chi connectivity index (χ4n) is 1.53. The largest absolute Gasteiger partial charge is 0.506 e. The van der Waals surface area contributed by atoms with E-state index < -0.39 is 5.97 Å². The summed E-state index contributed by atoms with van der Waals surface area (Å²) in [7, 11) is 0. The van der Waals surface area contributed by atoms with E-state index in [1.54, 1.807) is 19.1 Å². The lowest BCUT2D eigenvalue weighted by Crippen LogP contribution is -1.93. The summed E-state index contributed by atoms with van der Waals surface area (Å²) < 4.78 is 0. The Balaban J connectivity index is 2.85. The van der Waals surface area contributed by atoms with Gasteiger partial charge in [0.2, 0.25) is 0 Å². The number of aromatic carboxylic acids is 1. The fourth-order valence-corrected chi connectivity index (χ4v) is 1.53. The van der Waals surface area contributed by atoms with Gasteiger partial charge in [-0.05, 0) is 24.6 Å². The van der Waals surface area contributed by atoms with Gasteiger partial charge >= 0.3 is 5.97 Å². The molecule has 3 N–H and O–H groups in total. The molecule has 1 aromatic carbocycles. The smallest absolute Gasteiger partial charge is 0.337 e. The van der Waals surface area contributed by atoms with E-state index in [0.29, 0.717) is 10.9 Å². The Labute approximate surface area is 79.8 Å². The van der Waals surface area contributed by atoms with Crippen LogP contribution in [0.3, 0.4) is 0 Å². The summed E-state index contributed by atoms with van der Waals surface area (Å²) in [6.45, 7) is 1.80. The molecular formula is C10H9NO3. The Morgan fingerprint density at radius 1 is 1.43 bits per heavy atom. The minimum Gasteiger partial charge on any atom is -0.506 e. The molecule has 0 aliphatic rings. The van der Waals surface area contributed by atoms with E-state index in [0.717, 1.165) is 5.56 Å². The van der Waals surface area contributed by atoms with Crippen molar-refractivity contribution in [2.75, 3.05) is 0 Å². The van der Waals surface area contributed by atoms with Crippen molar-refractivity contribution in [2.45, 2.75) is 6.92 Å². The van der Waals surface area contributed by atoms with Crippen molar-refractivity contribution in [3.05, 3.63) is 29.5 Å². The van der Waals surface area contributed by atoms with Gasteiger partial charge in [-0.15, -0.1) is 0 Å². The Morgan fingerprint density at radius 3 is 2.79 bits per heavy atom. The molecular weight excluding hydrogens is 182 g/mol. The molecule has 0 saturated carbocycles. The van der Waals surface area contributed by atoms with Gasteiger partial charge < -0.3 is 15.2 Å². The number of phenols is 1. The highest BCUT2D eigenvalue weighted by molar-refractivity contribution is 6.04. The maximum absolute atomic E-state index is 10.8. The SMILES string of the molecule is Cc1cc(O)c2[nH]cc(C(=O)O)c2c1. The maximum Gasteiger partial charge on any atom is 0.337 e. The molecule has 0 spiro atoms. The van der Waals surface area contributed by atoms with Crippen molar-refractivity contribution in [3.63, 3.8) is 0 Å². The van der Waals surface area contributed by atoms with Crippen LogP contribution in [-0.4, -0.2) is 21.2 Å². The van der Waals surface area contributed by atoms with Crippen LogP contribution in [0.5, 0.6) is 5.75 Å². The molecule has 0 saturated heterocycles. The van der Waals surface area contributed by atoms with Crippen molar-refractivity contribution in [2.24, 2.45) is 0 Å². The number of aromatic amines is 1. The zero-order valence-corrected chi connectivity index (χ0v) is 7.53. The Morgan fingerprint density at radius 2 is 2.14 bits per heavy atom. The zero-order chi connectivity index (χ0) is 10.3. The lowest BCUT2D eigenvalue weighted by atomic mass is 10.1. The molecule has 2 rings (SSSR count). The van der Waals surface area contributed by atoms with Gasteiger partial charge in [-0.25, -0.2) is 4.79 Å². The number of H-pyrrole nitrogens is 1. The van der Waals surface area contributed by atoms with Gasteiger partial charge in [0.05, 0.1) is 11.1 Å². The van der Waals surface area contributed by atoms with E-state index in [4.69, 9.17) is 5.11 Å². The number of aromatic nitrogens is 1. The Bertz CT molecular complexity index is 513. The number of phenolic OH excluding ortho intramolecular Hbond substituents is 1. The Kier molecular flexibility index (Phi) is 1.70. The molecule has 0 aliphatic carbocycles. The second-order valence-corrected chi connectivity index (χ2v) is 3.21. The topological polar surface area (TPSA) is 73.3 Å². The molecule has 0 radical (unpaired) electrons. The van der Waals surface area contributed by atoms with Gasteiger partial charge in [0.15, 0.2) is 0 Å². The molecule has 0 amide bonds. The van der Waals surface area contributed by atoms with E-state index in [9.17, 15) is 9.90 Å². The molecule has 14 heavy (non-hydrogen) atoms. The number of carboxylic acids is 1. The molecule has 4 heteroatoms. The van der Waals surface area contributed by atoms with E-state index in [1.807, 2.05) is 0 Å². The first kappa shape index (κ1) is 8.62. The average Bonchev–Trinajstić information content (AvgIpc) is 2.47. The molecule has 0 fully saturated rings. The normalized spacial score (nSPS) is 10.6. The van der Waals surface area contributed by atoms with Crippen LogP contribution < -0.4 is 0 Å². The molecule has 72 valence electrons. The fraction of sp³-hybridized carbons (Fsp3) is 0.100. The van der Waals surface area contributed by atoms with Gasteiger partial charge in [0, 0.05) is 11.6 Å². The van der Waals surface area contributed by atoms with Crippen LogP contribution in [-0.2, 0) is 0 Å². The quantitative estimate of drug-likeness (QED) is 0.644. The number of benzene rings is 1. The summed E-state index contributed by atoms with van der Waals surface area (Å²) in [5.41, 5.74) is 1.48. The van der Waals surface area contributed by atoms with Crippen molar-refractivity contribution < 1.29 is 15.0 Å². The van der Waals surface area contributed by atoms with Gasteiger partial charge in [-0.3, -0.25) is 0 Å². The number of aryl methyl sites for hydroxylation is 1. The van der Waals surface area contributed by atoms with Crippen molar-refractivity contribution in [1.29, 1.82) is 0 Å². The molecule has 1 aromatic heterocycles. The van der Waals surface area contributed by atoms with Crippen LogP contribution in [0.2, 0.25) is 0 Å². The van der Waals surface area contributed by atoms with E-state index in [2.05, 4.69) is 4.98 Å². The number of carbonyl (C=O) groups is 1. The number of carboxylic acid groups (broad SMARTS) is 1.